The molecule has 0 N–H and O–H groups in total. The largest absolute Gasteiger partial charge is 0.497 e. The normalized spacial score (nSPS) is 10.0. The second-order valence-corrected chi connectivity index (χ2v) is 3.83. The molecule has 0 bridgehead atoms. The van der Waals surface area contributed by atoms with Crippen LogP contribution in [0.25, 0.3) is 0 Å². The van der Waals surface area contributed by atoms with E-state index in [1.807, 2.05) is 24.3 Å². The Labute approximate surface area is 111 Å². The molecule has 0 atom stereocenters. The summed E-state index contributed by atoms with van der Waals surface area (Å²) in [6.07, 6.45) is 0. The molecule has 0 aromatic heterocycles. The molecule has 2 rings (SSSR count). The van der Waals surface area contributed by atoms with Crippen LogP contribution in [-0.4, -0.2) is 20.3 Å². The zero-order valence-electron chi connectivity index (χ0n) is 10.6. The molecule has 0 heterocycles. The maximum Gasteiger partial charge on any atom is 0.126 e. The molecule has 0 saturated heterocycles. The fourth-order valence-electron chi connectivity index (χ4n) is 1.55. The Morgan fingerprint density at radius 1 is 0.842 bits per heavy atom. The van der Waals surface area contributed by atoms with Gasteiger partial charge in [-0.1, -0.05) is 6.07 Å². The van der Waals surface area contributed by atoms with E-state index >= 15 is 0 Å². The Balaban J connectivity index is 1.74. The zero-order chi connectivity index (χ0) is 13.5. The monoisotopic (exact) mass is 262 g/mol. The van der Waals surface area contributed by atoms with E-state index in [9.17, 15) is 4.39 Å². The van der Waals surface area contributed by atoms with Crippen LogP contribution in [0.15, 0.2) is 48.5 Å². The molecule has 19 heavy (non-hydrogen) atoms. The number of benzene rings is 2. The van der Waals surface area contributed by atoms with Gasteiger partial charge in [0.1, 0.15) is 36.3 Å². The fourth-order valence-corrected chi connectivity index (χ4v) is 1.55. The van der Waals surface area contributed by atoms with Crippen molar-refractivity contribution in [1.29, 1.82) is 0 Å². The molecule has 3 nitrogen and oxygen atoms in total. The van der Waals surface area contributed by atoms with Crippen LogP contribution >= 0.6 is 0 Å². The third-order valence-electron chi connectivity index (χ3n) is 2.48. The van der Waals surface area contributed by atoms with Crippen molar-refractivity contribution in [2.45, 2.75) is 0 Å². The van der Waals surface area contributed by atoms with Gasteiger partial charge >= 0.3 is 0 Å². The van der Waals surface area contributed by atoms with Crippen LogP contribution in [0.4, 0.5) is 4.39 Å². The van der Waals surface area contributed by atoms with Crippen molar-refractivity contribution >= 4 is 0 Å². The van der Waals surface area contributed by atoms with E-state index in [0.29, 0.717) is 19.0 Å². The Hall–Kier alpha value is -2.23. The number of hydrogen-bond acceptors (Lipinski definition) is 3. The van der Waals surface area contributed by atoms with Crippen molar-refractivity contribution in [3.8, 4) is 17.2 Å². The Morgan fingerprint density at radius 3 is 2.11 bits per heavy atom. The first kappa shape index (κ1) is 13.2. The molecule has 0 spiro atoms. The van der Waals surface area contributed by atoms with E-state index in [2.05, 4.69) is 0 Å². The molecule has 0 radical (unpaired) electrons. The topological polar surface area (TPSA) is 27.7 Å². The van der Waals surface area contributed by atoms with Gasteiger partial charge in [0, 0.05) is 6.07 Å². The van der Waals surface area contributed by atoms with Gasteiger partial charge in [-0.3, -0.25) is 0 Å². The molecule has 0 saturated carbocycles. The molecule has 2 aromatic carbocycles. The van der Waals surface area contributed by atoms with E-state index < -0.39 is 0 Å². The lowest BCUT2D eigenvalue weighted by atomic mass is 10.3. The Bertz CT molecular complexity index is 511. The highest BCUT2D eigenvalue weighted by atomic mass is 19.1. The highest BCUT2D eigenvalue weighted by molar-refractivity contribution is 5.31. The second kappa shape index (κ2) is 6.64. The van der Waals surface area contributed by atoms with Gasteiger partial charge in [-0.05, 0) is 36.4 Å². The molecular formula is C15H15FO3. The standard InChI is InChI=1S/C15H15FO3/c1-17-13-5-7-14(8-6-13)18-9-10-19-15-4-2-3-12(16)11-15/h2-8,11H,9-10H2,1H3. The first-order chi connectivity index (χ1) is 9.28. The molecule has 0 fully saturated rings. The van der Waals surface area contributed by atoms with Gasteiger partial charge in [-0.25, -0.2) is 4.39 Å². The average molecular weight is 262 g/mol. The summed E-state index contributed by atoms with van der Waals surface area (Å²) in [5, 5.41) is 0. The second-order valence-electron chi connectivity index (χ2n) is 3.83. The summed E-state index contributed by atoms with van der Waals surface area (Å²) < 4.78 is 28.8. The SMILES string of the molecule is COc1ccc(OCCOc2cccc(F)c2)cc1. The van der Waals surface area contributed by atoms with Gasteiger partial charge in [0.05, 0.1) is 7.11 Å². The average Bonchev–Trinajstić information content (AvgIpc) is 2.44. The third kappa shape index (κ3) is 4.17. The van der Waals surface area contributed by atoms with Crippen LogP contribution in [-0.2, 0) is 0 Å². The summed E-state index contributed by atoms with van der Waals surface area (Å²) in [6.45, 7) is 0.748. The highest BCUT2D eigenvalue weighted by Gasteiger charge is 1.98. The summed E-state index contributed by atoms with van der Waals surface area (Å²) in [4.78, 5) is 0. The van der Waals surface area contributed by atoms with Crippen molar-refractivity contribution in [3.63, 3.8) is 0 Å². The van der Waals surface area contributed by atoms with E-state index in [1.165, 1.54) is 12.1 Å². The minimum atomic E-state index is -0.312. The molecule has 0 aliphatic heterocycles. The van der Waals surface area contributed by atoms with Gasteiger partial charge < -0.3 is 14.2 Å². The summed E-state index contributed by atoms with van der Waals surface area (Å²) in [6, 6.07) is 13.3. The molecule has 0 amide bonds. The summed E-state index contributed by atoms with van der Waals surface area (Å²) in [7, 11) is 1.61. The van der Waals surface area contributed by atoms with Gasteiger partial charge in [-0.15, -0.1) is 0 Å². The van der Waals surface area contributed by atoms with Crippen molar-refractivity contribution < 1.29 is 18.6 Å². The Morgan fingerprint density at radius 2 is 1.47 bits per heavy atom. The van der Waals surface area contributed by atoms with Crippen LogP contribution in [0.3, 0.4) is 0 Å². The van der Waals surface area contributed by atoms with Crippen LogP contribution in [0.5, 0.6) is 17.2 Å². The summed E-state index contributed by atoms with van der Waals surface area (Å²) in [5.74, 6) is 1.71. The quantitative estimate of drug-likeness (QED) is 0.748. The first-order valence-corrected chi connectivity index (χ1v) is 5.93. The van der Waals surface area contributed by atoms with E-state index in [1.54, 1.807) is 19.2 Å². The molecule has 0 aliphatic rings. The molecule has 4 heteroatoms. The number of hydrogen-bond donors (Lipinski definition) is 0. The van der Waals surface area contributed by atoms with Crippen LogP contribution < -0.4 is 14.2 Å². The lowest BCUT2D eigenvalue weighted by Gasteiger charge is -2.08. The van der Waals surface area contributed by atoms with Crippen LogP contribution in [0, 0.1) is 5.82 Å². The number of rotatable bonds is 6. The lowest BCUT2D eigenvalue weighted by Crippen LogP contribution is -2.09. The predicted molar refractivity (Wildman–Crippen MR) is 70.4 cm³/mol. The Kier molecular flexibility index (Phi) is 4.61. The molecule has 2 aromatic rings. The van der Waals surface area contributed by atoms with E-state index in [4.69, 9.17) is 14.2 Å². The first-order valence-electron chi connectivity index (χ1n) is 5.93. The molecule has 100 valence electrons. The van der Waals surface area contributed by atoms with Crippen molar-refractivity contribution in [2.24, 2.45) is 0 Å². The maximum absolute atomic E-state index is 12.9. The van der Waals surface area contributed by atoms with Crippen LogP contribution in [0.1, 0.15) is 0 Å². The van der Waals surface area contributed by atoms with Crippen molar-refractivity contribution in [1.82, 2.24) is 0 Å². The molecule has 0 unspecified atom stereocenters. The minimum Gasteiger partial charge on any atom is -0.497 e. The number of halogens is 1. The van der Waals surface area contributed by atoms with E-state index in [0.717, 1.165) is 11.5 Å². The van der Waals surface area contributed by atoms with E-state index in [-0.39, 0.29) is 5.82 Å². The molecule has 0 aliphatic carbocycles. The van der Waals surface area contributed by atoms with Gasteiger partial charge in [0.15, 0.2) is 0 Å². The lowest BCUT2D eigenvalue weighted by molar-refractivity contribution is 0.216. The molecular weight excluding hydrogens is 247 g/mol. The zero-order valence-corrected chi connectivity index (χ0v) is 10.6. The fraction of sp³-hybridized carbons (Fsp3) is 0.200. The van der Waals surface area contributed by atoms with Crippen LogP contribution in [0.2, 0.25) is 0 Å². The van der Waals surface area contributed by atoms with Gasteiger partial charge in [-0.2, -0.15) is 0 Å². The minimum absolute atomic E-state index is 0.312. The van der Waals surface area contributed by atoms with Crippen molar-refractivity contribution in [2.75, 3.05) is 20.3 Å². The summed E-state index contributed by atoms with van der Waals surface area (Å²) in [5.41, 5.74) is 0. The number of methoxy groups -OCH3 is 1. The third-order valence-corrected chi connectivity index (χ3v) is 2.48. The van der Waals surface area contributed by atoms with Gasteiger partial charge in [0.25, 0.3) is 0 Å². The number of ether oxygens (including phenoxy) is 3. The summed E-state index contributed by atoms with van der Waals surface area (Å²) >= 11 is 0. The smallest absolute Gasteiger partial charge is 0.126 e. The van der Waals surface area contributed by atoms with Gasteiger partial charge in [0.2, 0.25) is 0 Å². The maximum atomic E-state index is 12.9. The predicted octanol–water partition coefficient (Wildman–Crippen LogP) is 3.29. The highest BCUT2D eigenvalue weighted by Crippen LogP contribution is 2.17. The van der Waals surface area contributed by atoms with Crippen molar-refractivity contribution in [3.05, 3.63) is 54.3 Å².